The summed E-state index contributed by atoms with van der Waals surface area (Å²) in [5.74, 6) is 0. The number of benzene rings is 1. The van der Waals surface area contributed by atoms with Gasteiger partial charge in [0.1, 0.15) is 5.69 Å². The molecule has 6 nitrogen and oxygen atoms in total. The van der Waals surface area contributed by atoms with Crippen LogP contribution in [0.25, 0.3) is 0 Å². The fourth-order valence-electron chi connectivity index (χ4n) is 4.29. The van der Waals surface area contributed by atoms with Gasteiger partial charge in [-0.2, -0.15) is 5.26 Å². The van der Waals surface area contributed by atoms with Gasteiger partial charge in [-0.15, -0.1) is 0 Å². The Morgan fingerprint density at radius 2 is 2.04 bits per heavy atom. The molecule has 1 aromatic carbocycles. The lowest BCUT2D eigenvalue weighted by molar-refractivity contribution is -0.384. The van der Waals surface area contributed by atoms with Crippen LogP contribution in [0.2, 0.25) is 0 Å². The van der Waals surface area contributed by atoms with Crippen molar-refractivity contribution in [3.63, 3.8) is 0 Å². The van der Waals surface area contributed by atoms with E-state index in [1.807, 2.05) is 12.1 Å². The van der Waals surface area contributed by atoms with E-state index in [0.717, 1.165) is 50.5 Å². The molecule has 140 valence electrons. The number of rotatable bonds is 7. The summed E-state index contributed by atoms with van der Waals surface area (Å²) in [6.07, 6.45) is 8.27. The van der Waals surface area contributed by atoms with E-state index < -0.39 is 5.41 Å². The van der Waals surface area contributed by atoms with Crippen molar-refractivity contribution in [3.8, 4) is 6.07 Å². The van der Waals surface area contributed by atoms with E-state index in [9.17, 15) is 15.4 Å². The van der Waals surface area contributed by atoms with Gasteiger partial charge in [0.25, 0.3) is 5.69 Å². The number of hydrogen-bond acceptors (Lipinski definition) is 5. The summed E-state index contributed by atoms with van der Waals surface area (Å²) < 4.78 is 5.25. The molecule has 0 amide bonds. The average Bonchev–Trinajstić information content (AvgIpc) is 2.63. The third-order valence-electron chi connectivity index (χ3n) is 6.01. The number of methoxy groups -OCH3 is 1. The molecule has 0 heterocycles. The summed E-state index contributed by atoms with van der Waals surface area (Å²) in [5, 5.41) is 21.4. The first kappa shape index (κ1) is 18.7. The molecule has 2 aliphatic rings. The van der Waals surface area contributed by atoms with Crippen molar-refractivity contribution in [1.29, 1.82) is 5.26 Å². The summed E-state index contributed by atoms with van der Waals surface area (Å²) in [5.41, 5.74) is 1.03. The molecule has 0 unspecified atom stereocenters. The minimum absolute atomic E-state index is 0.116. The number of nitrogens with zero attached hydrogens (tertiary/aromatic N) is 3. The number of nitriles is 1. The van der Waals surface area contributed by atoms with Crippen LogP contribution in [0.3, 0.4) is 0 Å². The zero-order valence-electron chi connectivity index (χ0n) is 15.4. The van der Waals surface area contributed by atoms with Crippen molar-refractivity contribution in [3.05, 3.63) is 33.9 Å². The molecule has 0 atom stereocenters. The monoisotopic (exact) mass is 357 g/mol. The van der Waals surface area contributed by atoms with E-state index in [2.05, 4.69) is 11.0 Å². The maximum atomic E-state index is 11.8. The molecule has 2 aliphatic carbocycles. The predicted octanol–water partition coefficient (Wildman–Crippen LogP) is 4.33. The Morgan fingerprint density at radius 3 is 2.58 bits per heavy atom. The van der Waals surface area contributed by atoms with Gasteiger partial charge in [-0.05, 0) is 43.7 Å². The first-order valence-electron chi connectivity index (χ1n) is 9.57. The van der Waals surface area contributed by atoms with Crippen molar-refractivity contribution >= 4 is 11.4 Å². The highest BCUT2D eigenvalue weighted by Gasteiger charge is 2.40. The zero-order chi connectivity index (χ0) is 18.6. The second-order valence-electron chi connectivity index (χ2n) is 7.49. The molecule has 0 N–H and O–H groups in total. The lowest BCUT2D eigenvalue weighted by Crippen LogP contribution is -2.39. The Hall–Kier alpha value is -2.13. The standard InChI is InChI=1S/C20H27N3O3/c1-26-13-12-22(17-6-3-2-4-7-17)18-9-8-16(14-19(18)23(24)25)20(15-21)10-5-11-20/h8-9,14,17H,2-7,10-13H2,1H3. The normalized spacial score (nSPS) is 19.4. The summed E-state index contributed by atoms with van der Waals surface area (Å²) in [6.45, 7) is 1.18. The second kappa shape index (κ2) is 8.05. The highest BCUT2D eigenvalue weighted by molar-refractivity contribution is 5.66. The van der Waals surface area contributed by atoms with Crippen LogP contribution in [0.5, 0.6) is 0 Å². The minimum atomic E-state index is -0.536. The van der Waals surface area contributed by atoms with E-state index in [4.69, 9.17) is 4.74 Å². The van der Waals surface area contributed by atoms with E-state index in [1.54, 1.807) is 13.2 Å². The van der Waals surface area contributed by atoms with Crippen molar-refractivity contribution < 1.29 is 9.66 Å². The molecular weight excluding hydrogens is 330 g/mol. The van der Waals surface area contributed by atoms with Crippen LogP contribution in [-0.4, -0.2) is 31.2 Å². The van der Waals surface area contributed by atoms with Gasteiger partial charge in [0, 0.05) is 25.8 Å². The Morgan fingerprint density at radius 1 is 1.31 bits per heavy atom. The Kier molecular flexibility index (Phi) is 5.77. The topological polar surface area (TPSA) is 79.4 Å². The van der Waals surface area contributed by atoms with Crippen LogP contribution in [0.1, 0.15) is 56.9 Å². The minimum Gasteiger partial charge on any atom is -0.383 e. The fraction of sp³-hybridized carbons (Fsp3) is 0.650. The molecule has 3 rings (SSSR count). The predicted molar refractivity (Wildman–Crippen MR) is 100 cm³/mol. The third-order valence-corrected chi connectivity index (χ3v) is 6.01. The molecule has 1 aromatic rings. The second-order valence-corrected chi connectivity index (χ2v) is 7.49. The first-order chi connectivity index (χ1) is 12.6. The Bertz CT molecular complexity index is 688. The largest absolute Gasteiger partial charge is 0.383 e. The van der Waals surface area contributed by atoms with Crippen molar-refractivity contribution in [2.45, 2.75) is 62.8 Å². The molecular formula is C20H27N3O3. The van der Waals surface area contributed by atoms with Crippen LogP contribution in [0.4, 0.5) is 11.4 Å². The van der Waals surface area contributed by atoms with Crippen molar-refractivity contribution in [2.75, 3.05) is 25.2 Å². The SMILES string of the molecule is COCCN(c1ccc(C2(C#N)CCC2)cc1[N+](=O)[O-])C1CCCCC1. The third kappa shape index (κ3) is 3.54. The lowest BCUT2D eigenvalue weighted by atomic mass is 9.65. The van der Waals surface area contributed by atoms with Crippen LogP contribution in [0, 0.1) is 21.4 Å². The summed E-state index contributed by atoms with van der Waals surface area (Å²) >= 11 is 0. The number of ether oxygens (including phenoxy) is 1. The molecule has 0 radical (unpaired) electrons. The zero-order valence-corrected chi connectivity index (χ0v) is 15.4. The highest BCUT2D eigenvalue weighted by atomic mass is 16.6. The van der Waals surface area contributed by atoms with Gasteiger partial charge in [0.2, 0.25) is 0 Å². The lowest BCUT2D eigenvalue weighted by Gasteiger charge is -2.37. The highest BCUT2D eigenvalue weighted by Crippen LogP contribution is 2.45. The van der Waals surface area contributed by atoms with Gasteiger partial charge in [0.05, 0.1) is 23.0 Å². The summed E-state index contributed by atoms with van der Waals surface area (Å²) in [6, 6.07) is 8.12. The molecule has 0 spiro atoms. The van der Waals surface area contributed by atoms with Gasteiger partial charge in [-0.25, -0.2) is 0 Å². The molecule has 2 saturated carbocycles. The van der Waals surface area contributed by atoms with Crippen molar-refractivity contribution in [2.24, 2.45) is 0 Å². The maximum absolute atomic E-state index is 11.8. The van der Waals surface area contributed by atoms with E-state index >= 15 is 0 Å². The van der Waals surface area contributed by atoms with Crippen molar-refractivity contribution in [1.82, 2.24) is 0 Å². The molecule has 0 aliphatic heterocycles. The van der Waals surface area contributed by atoms with Crippen LogP contribution in [0.15, 0.2) is 18.2 Å². The molecule has 0 saturated heterocycles. The number of hydrogen-bond donors (Lipinski definition) is 0. The summed E-state index contributed by atoms with van der Waals surface area (Å²) in [4.78, 5) is 13.7. The first-order valence-corrected chi connectivity index (χ1v) is 9.57. The van der Waals surface area contributed by atoms with Crippen LogP contribution >= 0.6 is 0 Å². The molecule has 6 heteroatoms. The van der Waals surface area contributed by atoms with Gasteiger partial charge >= 0.3 is 0 Å². The maximum Gasteiger partial charge on any atom is 0.292 e. The van der Waals surface area contributed by atoms with Gasteiger partial charge in [-0.3, -0.25) is 10.1 Å². The molecule has 26 heavy (non-hydrogen) atoms. The number of anilines is 1. The van der Waals surface area contributed by atoms with Crippen LogP contribution in [-0.2, 0) is 10.2 Å². The average molecular weight is 357 g/mol. The number of nitro groups is 1. The van der Waals surface area contributed by atoms with E-state index in [0.29, 0.717) is 24.9 Å². The fourth-order valence-corrected chi connectivity index (χ4v) is 4.29. The Labute approximate surface area is 154 Å². The van der Waals surface area contributed by atoms with Gasteiger partial charge in [0.15, 0.2) is 0 Å². The molecule has 0 aromatic heterocycles. The van der Waals surface area contributed by atoms with Gasteiger partial charge in [-0.1, -0.05) is 25.3 Å². The van der Waals surface area contributed by atoms with E-state index in [1.165, 1.54) is 6.42 Å². The molecule has 0 bridgehead atoms. The molecule has 2 fully saturated rings. The van der Waals surface area contributed by atoms with E-state index in [-0.39, 0.29) is 10.6 Å². The number of nitro benzene ring substituents is 1. The smallest absolute Gasteiger partial charge is 0.292 e. The van der Waals surface area contributed by atoms with Gasteiger partial charge < -0.3 is 9.64 Å². The summed E-state index contributed by atoms with van der Waals surface area (Å²) in [7, 11) is 1.66. The quantitative estimate of drug-likeness (QED) is 0.536. The Balaban J connectivity index is 1.97. The van der Waals surface area contributed by atoms with Crippen LogP contribution < -0.4 is 4.90 Å².